The Morgan fingerprint density at radius 2 is 1.75 bits per heavy atom. The number of halogens is 1. The van der Waals surface area contributed by atoms with Gasteiger partial charge in [0.1, 0.15) is 18.3 Å². The van der Waals surface area contributed by atoms with Crippen molar-refractivity contribution in [3.8, 4) is 0 Å². The molecule has 0 spiro atoms. The second kappa shape index (κ2) is 3.63. The normalized spacial score (nSPS) is 49.2. The SMILES string of the molecule is OC[C@H]1OC(O)[C@H](F)[C@@H](O)[C@@H]1O. The van der Waals surface area contributed by atoms with Crippen molar-refractivity contribution in [1.82, 2.24) is 0 Å². The van der Waals surface area contributed by atoms with Crippen LogP contribution in [0.1, 0.15) is 0 Å². The average Bonchev–Trinajstić information content (AvgIpc) is 2.08. The van der Waals surface area contributed by atoms with Gasteiger partial charge < -0.3 is 25.2 Å². The number of alkyl halides is 1. The monoisotopic (exact) mass is 182 g/mol. The average molecular weight is 182 g/mol. The molecule has 1 rings (SSSR count). The van der Waals surface area contributed by atoms with Crippen LogP contribution < -0.4 is 0 Å². The van der Waals surface area contributed by atoms with Crippen LogP contribution in [0.15, 0.2) is 0 Å². The predicted octanol–water partition coefficient (Wildman–Crippen LogP) is -2.24. The fraction of sp³-hybridized carbons (Fsp3) is 1.00. The van der Waals surface area contributed by atoms with Gasteiger partial charge in [-0.3, -0.25) is 0 Å². The van der Waals surface area contributed by atoms with Gasteiger partial charge in [-0.2, -0.15) is 0 Å². The smallest absolute Gasteiger partial charge is 0.189 e. The van der Waals surface area contributed by atoms with Gasteiger partial charge in [-0.05, 0) is 0 Å². The molecule has 0 aromatic heterocycles. The van der Waals surface area contributed by atoms with Gasteiger partial charge in [0.2, 0.25) is 0 Å². The van der Waals surface area contributed by atoms with Gasteiger partial charge in [0, 0.05) is 0 Å². The van der Waals surface area contributed by atoms with Crippen LogP contribution >= 0.6 is 0 Å². The zero-order valence-corrected chi connectivity index (χ0v) is 6.17. The lowest BCUT2D eigenvalue weighted by Gasteiger charge is -2.36. The molecule has 0 aromatic carbocycles. The standard InChI is InChI=1S/C6H11FO5/c7-3-5(10)4(9)2(1-8)12-6(3)11/h2-6,8-11H,1H2/t2-,3-,4-,5-,6?/m1/s1. The third kappa shape index (κ3) is 1.57. The van der Waals surface area contributed by atoms with Gasteiger partial charge in [-0.1, -0.05) is 0 Å². The molecule has 0 aromatic rings. The van der Waals surface area contributed by atoms with Crippen molar-refractivity contribution in [2.24, 2.45) is 0 Å². The number of rotatable bonds is 1. The summed E-state index contributed by atoms with van der Waals surface area (Å²) in [6, 6.07) is 0. The third-order valence-corrected chi connectivity index (χ3v) is 1.82. The van der Waals surface area contributed by atoms with Gasteiger partial charge in [0.15, 0.2) is 12.5 Å². The van der Waals surface area contributed by atoms with E-state index in [1.807, 2.05) is 0 Å². The summed E-state index contributed by atoms with van der Waals surface area (Å²) in [5, 5.41) is 35.3. The molecule has 72 valence electrons. The highest BCUT2D eigenvalue weighted by Gasteiger charge is 2.43. The molecule has 1 fully saturated rings. The Labute approximate surface area is 68.0 Å². The zero-order valence-electron chi connectivity index (χ0n) is 6.17. The lowest BCUT2D eigenvalue weighted by Crippen LogP contribution is -2.56. The van der Waals surface area contributed by atoms with Gasteiger partial charge in [0.25, 0.3) is 0 Å². The van der Waals surface area contributed by atoms with Crippen LogP contribution in [-0.4, -0.2) is 57.8 Å². The first kappa shape index (κ1) is 9.82. The molecule has 0 radical (unpaired) electrons. The van der Waals surface area contributed by atoms with E-state index in [9.17, 15) is 4.39 Å². The fourth-order valence-electron chi connectivity index (χ4n) is 1.06. The Hall–Kier alpha value is -0.270. The van der Waals surface area contributed by atoms with Gasteiger partial charge in [-0.25, -0.2) is 4.39 Å². The molecule has 1 unspecified atom stereocenters. The van der Waals surface area contributed by atoms with E-state index in [-0.39, 0.29) is 0 Å². The Morgan fingerprint density at radius 1 is 1.17 bits per heavy atom. The summed E-state index contributed by atoms with van der Waals surface area (Å²) in [4.78, 5) is 0. The summed E-state index contributed by atoms with van der Waals surface area (Å²) < 4.78 is 17.1. The van der Waals surface area contributed by atoms with Crippen molar-refractivity contribution in [3.05, 3.63) is 0 Å². The van der Waals surface area contributed by atoms with Crippen LogP contribution in [0.5, 0.6) is 0 Å². The summed E-state index contributed by atoms with van der Waals surface area (Å²) >= 11 is 0. The minimum Gasteiger partial charge on any atom is -0.394 e. The van der Waals surface area contributed by atoms with Crippen LogP contribution in [0.2, 0.25) is 0 Å². The molecule has 1 saturated heterocycles. The quantitative estimate of drug-likeness (QED) is 0.368. The van der Waals surface area contributed by atoms with E-state index >= 15 is 0 Å². The number of hydrogen-bond acceptors (Lipinski definition) is 5. The summed E-state index contributed by atoms with van der Waals surface area (Å²) in [6.07, 6.45) is -8.19. The van der Waals surface area contributed by atoms with Crippen molar-refractivity contribution in [2.75, 3.05) is 6.61 Å². The van der Waals surface area contributed by atoms with Crippen molar-refractivity contribution >= 4 is 0 Å². The summed E-state index contributed by atoms with van der Waals surface area (Å²) in [5.74, 6) is 0. The molecule has 5 atom stereocenters. The maximum absolute atomic E-state index is 12.7. The number of aliphatic hydroxyl groups excluding tert-OH is 4. The lowest BCUT2D eigenvalue weighted by molar-refractivity contribution is -0.271. The minimum absolute atomic E-state index is 0.581. The molecule has 5 nitrogen and oxygen atoms in total. The molecule has 0 bridgehead atoms. The summed E-state index contributed by atoms with van der Waals surface area (Å²) in [7, 11) is 0. The van der Waals surface area contributed by atoms with Crippen molar-refractivity contribution in [3.63, 3.8) is 0 Å². The van der Waals surface area contributed by atoms with E-state index in [1.165, 1.54) is 0 Å². The third-order valence-electron chi connectivity index (χ3n) is 1.82. The molecule has 12 heavy (non-hydrogen) atoms. The summed E-state index contributed by atoms with van der Waals surface area (Å²) in [5.41, 5.74) is 0. The minimum atomic E-state index is -2.04. The maximum Gasteiger partial charge on any atom is 0.189 e. The lowest BCUT2D eigenvalue weighted by atomic mass is 10.0. The van der Waals surface area contributed by atoms with Crippen molar-refractivity contribution < 1.29 is 29.6 Å². The van der Waals surface area contributed by atoms with E-state index in [4.69, 9.17) is 20.4 Å². The molecule has 6 heteroatoms. The molecule has 1 aliphatic heterocycles. The van der Waals surface area contributed by atoms with E-state index in [0.29, 0.717) is 0 Å². The van der Waals surface area contributed by atoms with Gasteiger partial charge in [-0.15, -0.1) is 0 Å². The Balaban J connectivity index is 2.63. The highest BCUT2D eigenvalue weighted by molar-refractivity contribution is 4.88. The van der Waals surface area contributed by atoms with Crippen LogP contribution in [-0.2, 0) is 4.74 Å². The van der Waals surface area contributed by atoms with Crippen LogP contribution in [0.3, 0.4) is 0 Å². The number of aliphatic hydroxyl groups is 4. The molecule has 1 heterocycles. The summed E-state index contributed by atoms with van der Waals surface area (Å²) in [6.45, 7) is -0.581. The van der Waals surface area contributed by atoms with Crippen LogP contribution in [0.4, 0.5) is 4.39 Å². The van der Waals surface area contributed by atoms with E-state index in [2.05, 4.69) is 4.74 Å². The van der Waals surface area contributed by atoms with E-state index in [1.54, 1.807) is 0 Å². The highest BCUT2D eigenvalue weighted by Crippen LogP contribution is 2.21. The Kier molecular flexibility index (Phi) is 2.97. The highest BCUT2D eigenvalue weighted by atomic mass is 19.1. The molecule has 0 saturated carbocycles. The number of hydrogen-bond donors (Lipinski definition) is 4. The first-order valence-corrected chi connectivity index (χ1v) is 3.52. The second-order valence-electron chi connectivity index (χ2n) is 2.67. The maximum atomic E-state index is 12.7. The molecule has 0 amide bonds. The van der Waals surface area contributed by atoms with Crippen molar-refractivity contribution in [2.45, 2.75) is 30.8 Å². The molecular weight excluding hydrogens is 171 g/mol. The number of ether oxygens (including phenoxy) is 1. The van der Waals surface area contributed by atoms with Crippen LogP contribution in [0, 0.1) is 0 Å². The predicted molar refractivity (Wildman–Crippen MR) is 34.9 cm³/mol. The second-order valence-corrected chi connectivity index (χ2v) is 2.67. The Morgan fingerprint density at radius 3 is 2.25 bits per heavy atom. The first-order valence-electron chi connectivity index (χ1n) is 3.52. The van der Waals surface area contributed by atoms with E-state index < -0.39 is 37.4 Å². The Bertz CT molecular complexity index is 150. The van der Waals surface area contributed by atoms with E-state index in [0.717, 1.165) is 0 Å². The molecule has 1 aliphatic rings. The van der Waals surface area contributed by atoms with Gasteiger partial charge >= 0.3 is 0 Å². The molecular formula is C6H11FO5. The zero-order chi connectivity index (χ0) is 9.30. The fourth-order valence-corrected chi connectivity index (χ4v) is 1.06. The largest absolute Gasteiger partial charge is 0.394 e. The molecule has 0 aliphatic carbocycles. The molecule has 4 N–H and O–H groups in total. The van der Waals surface area contributed by atoms with Crippen LogP contribution in [0.25, 0.3) is 0 Å². The first-order chi connectivity index (χ1) is 5.57. The topological polar surface area (TPSA) is 90.2 Å². The van der Waals surface area contributed by atoms with Gasteiger partial charge in [0.05, 0.1) is 6.61 Å². The van der Waals surface area contributed by atoms with Crippen molar-refractivity contribution in [1.29, 1.82) is 0 Å².